The first kappa shape index (κ1) is 21.2. The van der Waals surface area contributed by atoms with E-state index in [-0.39, 0.29) is 4.75 Å². The Hall–Kier alpha value is -0.880. The largest absolute Gasteiger partial charge is 0.357 e. The fourth-order valence-electron chi connectivity index (χ4n) is 2.68. The molecule has 1 heterocycles. The molecule has 5 nitrogen and oxygen atoms in total. The van der Waals surface area contributed by atoms with Crippen LogP contribution in [0.25, 0.3) is 0 Å². The zero-order valence-corrected chi connectivity index (χ0v) is 17.0. The van der Waals surface area contributed by atoms with Gasteiger partial charge in [-0.05, 0) is 47.5 Å². The normalized spacial score (nSPS) is 19.1. The third-order valence-corrected chi connectivity index (χ3v) is 5.92. The van der Waals surface area contributed by atoms with Crippen LogP contribution in [0.5, 0.6) is 0 Å². The topological polar surface area (TPSA) is 56.7 Å². The van der Waals surface area contributed by atoms with Gasteiger partial charge in [0.15, 0.2) is 5.96 Å². The average molecular weight is 357 g/mol. The Kier molecular flexibility index (Phi) is 8.98. The van der Waals surface area contributed by atoms with Gasteiger partial charge < -0.3 is 10.6 Å². The molecule has 6 heteroatoms. The number of likely N-dealkylation sites (tertiary alicyclic amines) is 1. The van der Waals surface area contributed by atoms with Gasteiger partial charge in [-0.1, -0.05) is 12.2 Å². The fraction of sp³-hybridized carbons (Fsp3) is 0.833. The molecule has 1 saturated heterocycles. The van der Waals surface area contributed by atoms with E-state index in [1.165, 1.54) is 5.57 Å². The van der Waals surface area contributed by atoms with E-state index in [0.29, 0.717) is 18.3 Å². The molecule has 0 radical (unpaired) electrons. The van der Waals surface area contributed by atoms with Crippen LogP contribution in [-0.4, -0.2) is 64.3 Å². The minimum Gasteiger partial charge on any atom is -0.357 e. The highest BCUT2D eigenvalue weighted by Crippen LogP contribution is 2.12. The predicted molar refractivity (Wildman–Crippen MR) is 106 cm³/mol. The number of nitrogens with one attached hydrogen (secondary N) is 2. The molecule has 1 rings (SSSR count). The molecule has 24 heavy (non-hydrogen) atoms. The van der Waals surface area contributed by atoms with Crippen LogP contribution in [-0.2, 0) is 10.8 Å². The lowest BCUT2D eigenvalue weighted by molar-refractivity contribution is 0.221. The molecule has 1 unspecified atom stereocenters. The minimum absolute atomic E-state index is 0.169. The van der Waals surface area contributed by atoms with Crippen LogP contribution in [0.1, 0.15) is 47.5 Å². The van der Waals surface area contributed by atoms with Crippen molar-refractivity contribution in [1.82, 2.24) is 15.5 Å². The van der Waals surface area contributed by atoms with E-state index in [1.54, 1.807) is 0 Å². The lowest BCUT2D eigenvalue weighted by Crippen LogP contribution is -2.49. The van der Waals surface area contributed by atoms with Gasteiger partial charge in [0.1, 0.15) is 0 Å². The molecule has 1 atom stereocenters. The Bertz CT molecular complexity index is 448. The second-order valence-electron chi connectivity index (χ2n) is 7.57. The number of nitrogens with zero attached hydrogens (tertiary/aromatic N) is 2. The molecule has 140 valence electrons. The molecule has 1 fully saturated rings. The summed E-state index contributed by atoms with van der Waals surface area (Å²) in [5.41, 5.74) is 1.23. The summed E-state index contributed by atoms with van der Waals surface area (Å²) in [6, 6.07) is 0.456. The Balaban J connectivity index is 2.44. The molecule has 2 N–H and O–H groups in total. The molecule has 0 saturated carbocycles. The number of piperidine rings is 1. The SMILES string of the molecule is C=C(C)CN1CCC(NC(=NCCS(=O)C(C)(C)C)NCC)CC1. The zero-order chi connectivity index (χ0) is 18.2. The minimum atomic E-state index is -0.853. The van der Waals surface area contributed by atoms with Crippen LogP contribution < -0.4 is 10.6 Å². The molecule has 1 aliphatic heterocycles. The maximum absolute atomic E-state index is 12.1. The summed E-state index contributed by atoms with van der Waals surface area (Å²) >= 11 is 0. The van der Waals surface area contributed by atoms with Crippen molar-refractivity contribution in [2.75, 3.05) is 38.5 Å². The van der Waals surface area contributed by atoms with Crippen molar-refractivity contribution in [3.63, 3.8) is 0 Å². The molecule has 1 aliphatic rings. The van der Waals surface area contributed by atoms with Crippen LogP contribution in [0.4, 0.5) is 0 Å². The summed E-state index contributed by atoms with van der Waals surface area (Å²) in [4.78, 5) is 7.06. The van der Waals surface area contributed by atoms with E-state index in [9.17, 15) is 4.21 Å². The van der Waals surface area contributed by atoms with Crippen molar-refractivity contribution in [1.29, 1.82) is 0 Å². The number of aliphatic imine (C=N–C) groups is 1. The molecule has 0 amide bonds. The molecule has 0 aromatic rings. The van der Waals surface area contributed by atoms with Crippen LogP contribution in [0.3, 0.4) is 0 Å². The van der Waals surface area contributed by atoms with E-state index >= 15 is 0 Å². The highest BCUT2D eigenvalue weighted by atomic mass is 32.2. The first-order chi connectivity index (χ1) is 11.2. The van der Waals surface area contributed by atoms with Gasteiger partial charge >= 0.3 is 0 Å². The third kappa shape index (κ3) is 8.29. The molecule has 0 spiro atoms. The van der Waals surface area contributed by atoms with E-state index in [4.69, 9.17) is 0 Å². The molecule has 0 aliphatic carbocycles. The maximum atomic E-state index is 12.1. The fourth-order valence-corrected chi connectivity index (χ4v) is 3.55. The van der Waals surface area contributed by atoms with Crippen LogP contribution >= 0.6 is 0 Å². The molecule has 0 bridgehead atoms. The average Bonchev–Trinajstić information content (AvgIpc) is 2.47. The quantitative estimate of drug-likeness (QED) is 0.417. The van der Waals surface area contributed by atoms with Gasteiger partial charge in [0, 0.05) is 53.5 Å². The van der Waals surface area contributed by atoms with Gasteiger partial charge in [-0.2, -0.15) is 0 Å². The maximum Gasteiger partial charge on any atom is 0.191 e. The van der Waals surface area contributed by atoms with Gasteiger partial charge in [0.05, 0.1) is 6.54 Å². The van der Waals surface area contributed by atoms with E-state index in [2.05, 4.69) is 41.0 Å². The van der Waals surface area contributed by atoms with Crippen molar-refractivity contribution in [2.24, 2.45) is 4.99 Å². The Labute approximate surface area is 150 Å². The number of hydrogen-bond acceptors (Lipinski definition) is 3. The number of rotatable bonds is 7. The molecule has 0 aromatic heterocycles. The van der Waals surface area contributed by atoms with Gasteiger partial charge in [-0.25, -0.2) is 0 Å². The van der Waals surface area contributed by atoms with Gasteiger partial charge in [0.2, 0.25) is 0 Å². The predicted octanol–water partition coefficient (Wildman–Crippen LogP) is 2.13. The first-order valence-corrected chi connectivity index (χ1v) is 10.3. The molecular weight excluding hydrogens is 320 g/mol. The Morgan fingerprint density at radius 2 is 1.96 bits per heavy atom. The van der Waals surface area contributed by atoms with Crippen molar-refractivity contribution in [3.05, 3.63) is 12.2 Å². The van der Waals surface area contributed by atoms with Crippen molar-refractivity contribution < 1.29 is 4.21 Å². The summed E-state index contributed by atoms with van der Waals surface area (Å²) in [6.07, 6.45) is 2.23. The van der Waals surface area contributed by atoms with Crippen LogP contribution in [0, 0.1) is 0 Å². The van der Waals surface area contributed by atoms with E-state index < -0.39 is 10.8 Å². The van der Waals surface area contributed by atoms with Crippen molar-refractivity contribution in [2.45, 2.75) is 58.2 Å². The standard InChI is InChI=1S/C18H36N4OS/c1-7-19-17(20-10-13-24(23)18(4,5)6)21-16-8-11-22(12-9-16)14-15(2)3/h16H,2,7-14H2,1,3-6H3,(H2,19,20,21). The molecular formula is C18H36N4OS. The van der Waals surface area contributed by atoms with Gasteiger partial charge in [-0.15, -0.1) is 0 Å². The lowest BCUT2D eigenvalue weighted by Gasteiger charge is -2.33. The van der Waals surface area contributed by atoms with Crippen molar-refractivity contribution >= 4 is 16.8 Å². The monoisotopic (exact) mass is 356 g/mol. The second kappa shape index (κ2) is 10.2. The summed E-state index contributed by atoms with van der Waals surface area (Å²) < 4.78 is 11.9. The first-order valence-electron chi connectivity index (χ1n) is 9.02. The number of hydrogen-bond donors (Lipinski definition) is 2. The zero-order valence-electron chi connectivity index (χ0n) is 16.2. The van der Waals surface area contributed by atoms with E-state index in [0.717, 1.165) is 45.0 Å². The summed E-state index contributed by atoms with van der Waals surface area (Å²) in [5.74, 6) is 1.46. The smallest absolute Gasteiger partial charge is 0.191 e. The summed E-state index contributed by atoms with van der Waals surface area (Å²) in [7, 11) is -0.853. The highest BCUT2D eigenvalue weighted by molar-refractivity contribution is 7.86. The lowest BCUT2D eigenvalue weighted by atomic mass is 10.0. The Morgan fingerprint density at radius 3 is 2.46 bits per heavy atom. The van der Waals surface area contributed by atoms with Gasteiger partial charge in [-0.3, -0.25) is 14.1 Å². The summed E-state index contributed by atoms with van der Waals surface area (Å²) in [6.45, 7) is 18.8. The summed E-state index contributed by atoms with van der Waals surface area (Å²) in [5, 5.41) is 6.83. The highest BCUT2D eigenvalue weighted by Gasteiger charge is 2.20. The van der Waals surface area contributed by atoms with Crippen LogP contribution in [0.2, 0.25) is 0 Å². The van der Waals surface area contributed by atoms with Crippen molar-refractivity contribution in [3.8, 4) is 0 Å². The third-order valence-electron chi connectivity index (χ3n) is 4.00. The Morgan fingerprint density at radius 1 is 1.33 bits per heavy atom. The number of guanidine groups is 1. The second-order valence-corrected chi connectivity index (χ2v) is 9.90. The van der Waals surface area contributed by atoms with E-state index in [1.807, 2.05) is 20.8 Å². The molecule has 0 aromatic carbocycles. The van der Waals surface area contributed by atoms with Gasteiger partial charge in [0.25, 0.3) is 0 Å². The van der Waals surface area contributed by atoms with Crippen LogP contribution in [0.15, 0.2) is 17.1 Å².